The van der Waals surface area contributed by atoms with Crippen LogP contribution in [0.2, 0.25) is 0 Å². The van der Waals surface area contributed by atoms with Gasteiger partial charge in [0.15, 0.2) is 0 Å². The number of aromatic nitrogens is 1. The van der Waals surface area contributed by atoms with Crippen LogP contribution in [0.4, 0.5) is 5.82 Å². The van der Waals surface area contributed by atoms with Crippen LogP contribution in [-0.2, 0) is 11.2 Å². The second kappa shape index (κ2) is 5.82. The Labute approximate surface area is 107 Å². The Kier molecular flexibility index (Phi) is 4.15. The molecule has 0 radical (unpaired) electrons. The Morgan fingerprint density at radius 2 is 2.39 bits per heavy atom. The number of nitrogens with one attached hydrogen (secondary N) is 2. The highest BCUT2D eigenvalue weighted by Crippen LogP contribution is 2.12. The molecule has 18 heavy (non-hydrogen) atoms. The van der Waals surface area contributed by atoms with E-state index in [1.54, 1.807) is 13.1 Å². The van der Waals surface area contributed by atoms with E-state index < -0.39 is 0 Å². The van der Waals surface area contributed by atoms with Crippen molar-refractivity contribution >= 4 is 11.7 Å². The average molecular weight is 249 g/mol. The average Bonchev–Trinajstić information content (AvgIpc) is 2.90. The number of hydrogen-bond donors (Lipinski definition) is 2. The third-order valence-electron chi connectivity index (χ3n) is 3.02. The van der Waals surface area contributed by atoms with Gasteiger partial charge in [0.25, 0.3) is 5.91 Å². The first-order valence-corrected chi connectivity index (χ1v) is 6.30. The molecule has 2 rings (SSSR count). The summed E-state index contributed by atoms with van der Waals surface area (Å²) in [5.41, 5.74) is 1.56. The van der Waals surface area contributed by atoms with Crippen molar-refractivity contribution in [1.82, 2.24) is 10.3 Å². The highest BCUT2D eigenvalue weighted by atomic mass is 16.5. The van der Waals surface area contributed by atoms with Gasteiger partial charge in [0.1, 0.15) is 5.82 Å². The second-order valence-electron chi connectivity index (χ2n) is 4.37. The van der Waals surface area contributed by atoms with Gasteiger partial charge in [-0.1, -0.05) is 6.92 Å². The van der Waals surface area contributed by atoms with Crippen molar-refractivity contribution < 1.29 is 9.53 Å². The molecule has 2 N–H and O–H groups in total. The van der Waals surface area contributed by atoms with Gasteiger partial charge in [-0.25, -0.2) is 4.98 Å². The Morgan fingerprint density at radius 3 is 3.00 bits per heavy atom. The number of amides is 1. The summed E-state index contributed by atoms with van der Waals surface area (Å²) in [6, 6.07) is 3.74. The molecule has 0 aliphatic carbocycles. The molecule has 0 bridgehead atoms. The van der Waals surface area contributed by atoms with E-state index in [1.807, 2.05) is 13.0 Å². The lowest BCUT2D eigenvalue weighted by Gasteiger charge is -2.12. The molecule has 1 atom stereocenters. The third-order valence-corrected chi connectivity index (χ3v) is 3.02. The van der Waals surface area contributed by atoms with Crippen molar-refractivity contribution in [3.63, 3.8) is 0 Å². The fourth-order valence-electron chi connectivity index (χ4n) is 1.95. The molecule has 1 amide bonds. The van der Waals surface area contributed by atoms with E-state index in [-0.39, 0.29) is 11.9 Å². The molecule has 0 aromatic carbocycles. The Bertz CT molecular complexity index is 406. The third kappa shape index (κ3) is 2.98. The Hall–Kier alpha value is -1.62. The van der Waals surface area contributed by atoms with Gasteiger partial charge in [0.05, 0.1) is 12.6 Å². The highest BCUT2D eigenvalue weighted by Gasteiger charge is 2.19. The minimum Gasteiger partial charge on any atom is -0.379 e. The van der Waals surface area contributed by atoms with Crippen LogP contribution in [0.15, 0.2) is 12.1 Å². The number of aryl methyl sites for hydroxylation is 1. The van der Waals surface area contributed by atoms with Gasteiger partial charge >= 0.3 is 0 Å². The normalized spacial score (nSPS) is 18.7. The van der Waals surface area contributed by atoms with E-state index in [4.69, 9.17) is 4.74 Å². The van der Waals surface area contributed by atoms with Crippen molar-refractivity contribution in [3.05, 3.63) is 23.4 Å². The molecule has 1 aliphatic rings. The molecule has 98 valence electrons. The molecule has 5 heteroatoms. The molecule has 1 aromatic rings. The van der Waals surface area contributed by atoms with Crippen molar-refractivity contribution in [2.24, 2.45) is 0 Å². The fourth-order valence-corrected chi connectivity index (χ4v) is 1.95. The number of carbonyl (C=O) groups is 1. The maximum Gasteiger partial charge on any atom is 0.251 e. The molecule has 2 heterocycles. The van der Waals surface area contributed by atoms with Crippen molar-refractivity contribution in [2.75, 3.05) is 25.6 Å². The van der Waals surface area contributed by atoms with Crippen LogP contribution in [-0.4, -0.2) is 37.2 Å². The Balaban J connectivity index is 2.12. The summed E-state index contributed by atoms with van der Waals surface area (Å²) >= 11 is 0. The second-order valence-corrected chi connectivity index (χ2v) is 4.37. The fraction of sp³-hybridized carbons (Fsp3) is 0.538. The summed E-state index contributed by atoms with van der Waals surface area (Å²) < 4.78 is 5.24. The van der Waals surface area contributed by atoms with Crippen LogP contribution in [0.3, 0.4) is 0 Å². The van der Waals surface area contributed by atoms with Crippen LogP contribution >= 0.6 is 0 Å². The summed E-state index contributed by atoms with van der Waals surface area (Å²) in [6.07, 6.45) is 1.69. The molecule has 1 fully saturated rings. The number of carbonyl (C=O) groups excluding carboxylic acids is 1. The number of nitrogens with zero attached hydrogens (tertiary/aromatic N) is 1. The van der Waals surface area contributed by atoms with Gasteiger partial charge in [0.2, 0.25) is 0 Å². The van der Waals surface area contributed by atoms with Gasteiger partial charge in [-0.3, -0.25) is 4.79 Å². The maximum atomic E-state index is 12.1. The molecule has 0 spiro atoms. The van der Waals surface area contributed by atoms with Crippen molar-refractivity contribution in [3.8, 4) is 0 Å². The summed E-state index contributed by atoms with van der Waals surface area (Å²) in [5, 5.41) is 5.95. The van der Waals surface area contributed by atoms with Gasteiger partial charge in [-0.2, -0.15) is 0 Å². The Morgan fingerprint density at radius 1 is 1.56 bits per heavy atom. The van der Waals surface area contributed by atoms with E-state index in [0.717, 1.165) is 31.0 Å². The minimum absolute atomic E-state index is 0.0564. The van der Waals surface area contributed by atoms with E-state index >= 15 is 0 Å². The number of anilines is 1. The quantitative estimate of drug-likeness (QED) is 0.841. The van der Waals surface area contributed by atoms with Gasteiger partial charge in [-0.05, 0) is 25.0 Å². The van der Waals surface area contributed by atoms with E-state index in [0.29, 0.717) is 12.2 Å². The monoisotopic (exact) mass is 249 g/mol. The number of ether oxygens (including phenoxy) is 1. The van der Waals surface area contributed by atoms with Crippen molar-refractivity contribution in [2.45, 2.75) is 25.8 Å². The summed E-state index contributed by atoms with van der Waals surface area (Å²) in [4.78, 5) is 16.5. The van der Waals surface area contributed by atoms with E-state index in [1.165, 1.54) is 0 Å². The predicted octanol–water partition coefficient (Wildman–Crippen LogP) is 1.20. The number of pyridine rings is 1. The largest absolute Gasteiger partial charge is 0.379 e. The summed E-state index contributed by atoms with van der Waals surface area (Å²) in [7, 11) is 1.80. The zero-order valence-electron chi connectivity index (χ0n) is 10.8. The molecule has 5 nitrogen and oxygen atoms in total. The topological polar surface area (TPSA) is 63.2 Å². The summed E-state index contributed by atoms with van der Waals surface area (Å²) in [5.74, 6) is 0.668. The SMILES string of the molecule is CCc1cc(C(=O)NC2CCOC2)cc(NC)n1. The number of rotatable bonds is 4. The first-order valence-electron chi connectivity index (χ1n) is 6.30. The smallest absolute Gasteiger partial charge is 0.251 e. The molecule has 1 saturated heterocycles. The van der Waals surface area contributed by atoms with E-state index in [9.17, 15) is 4.79 Å². The lowest BCUT2D eigenvalue weighted by atomic mass is 10.1. The maximum absolute atomic E-state index is 12.1. The first kappa shape index (κ1) is 12.8. The zero-order valence-corrected chi connectivity index (χ0v) is 10.8. The summed E-state index contributed by atoms with van der Waals surface area (Å²) in [6.45, 7) is 3.36. The molecular formula is C13H19N3O2. The van der Waals surface area contributed by atoms with Crippen molar-refractivity contribution in [1.29, 1.82) is 0 Å². The van der Waals surface area contributed by atoms with Gasteiger partial charge in [0, 0.05) is 24.9 Å². The van der Waals surface area contributed by atoms with Crippen LogP contribution in [0.25, 0.3) is 0 Å². The van der Waals surface area contributed by atoms with Crippen LogP contribution in [0.1, 0.15) is 29.4 Å². The predicted molar refractivity (Wildman–Crippen MR) is 69.9 cm³/mol. The molecule has 1 aliphatic heterocycles. The highest BCUT2D eigenvalue weighted by molar-refractivity contribution is 5.95. The lowest BCUT2D eigenvalue weighted by molar-refractivity contribution is 0.0929. The molecule has 0 saturated carbocycles. The van der Waals surface area contributed by atoms with E-state index in [2.05, 4.69) is 15.6 Å². The molecular weight excluding hydrogens is 230 g/mol. The van der Waals surface area contributed by atoms with Crippen LogP contribution < -0.4 is 10.6 Å². The molecule has 1 unspecified atom stereocenters. The van der Waals surface area contributed by atoms with Gasteiger partial charge < -0.3 is 15.4 Å². The van der Waals surface area contributed by atoms with Crippen LogP contribution in [0.5, 0.6) is 0 Å². The lowest BCUT2D eigenvalue weighted by Crippen LogP contribution is -2.35. The van der Waals surface area contributed by atoms with Crippen LogP contribution in [0, 0.1) is 0 Å². The standard InChI is InChI=1S/C13H19N3O2/c1-3-10-6-9(7-12(14-2)15-10)13(17)16-11-4-5-18-8-11/h6-7,11H,3-5,8H2,1-2H3,(H,14,15)(H,16,17). The molecule has 1 aromatic heterocycles. The minimum atomic E-state index is -0.0564. The van der Waals surface area contributed by atoms with Gasteiger partial charge in [-0.15, -0.1) is 0 Å². The first-order chi connectivity index (χ1) is 8.72. The zero-order chi connectivity index (χ0) is 13.0. The number of hydrogen-bond acceptors (Lipinski definition) is 4.